The third kappa shape index (κ3) is 9.99. The molecule has 5 heteroatoms. The van der Waals surface area contributed by atoms with Crippen LogP contribution >= 0.6 is 0 Å². The summed E-state index contributed by atoms with van der Waals surface area (Å²) < 4.78 is 0. The van der Waals surface area contributed by atoms with Gasteiger partial charge in [0.1, 0.15) is 0 Å². The second-order valence-corrected chi connectivity index (χ2v) is 5.54. The average Bonchev–Trinajstić information content (AvgIpc) is 2.37. The molecule has 0 unspecified atom stereocenters. The van der Waals surface area contributed by atoms with E-state index in [2.05, 4.69) is 6.42 Å². The van der Waals surface area contributed by atoms with Crippen LogP contribution in [0.1, 0.15) is 65.2 Å². The molecule has 123 valence electrons. The number of nitrogens with two attached hydrogens (primary N) is 2. The van der Waals surface area contributed by atoms with Gasteiger partial charge in [0.25, 0.3) is 0 Å². The number of hydrogen-bond donors (Lipinski definition) is 2. The van der Waals surface area contributed by atoms with E-state index in [0.29, 0.717) is 12.1 Å². The van der Waals surface area contributed by atoms with Gasteiger partial charge in [-0.25, -0.2) is 0 Å². The molecule has 0 saturated heterocycles. The van der Waals surface area contributed by atoms with Crippen LogP contribution in [0.25, 0.3) is 0 Å². The summed E-state index contributed by atoms with van der Waals surface area (Å²) in [7, 11) is 0. The molecule has 2 nitrogen and oxygen atoms in total. The maximum atomic E-state index is 5.92. The van der Waals surface area contributed by atoms with Crippen LogP contribution in [0.5, 0.6) is 0 Å². The van der Waals surface area contributed by atoms with Gasteiger partial charge in [-0.1, -0.05) is 39.5 Å². The van der Waals surface area contributed by atoms with Crippen molar-refractivity contribution in [3.63, 3.8) is 0 Å². The predicted octanol–water partition coefficient (Wildman–Crippen LogP) is 3.70. The van der Waals surface area contributed by atoms with Crippen molar-refractivity contribution in [3.8, 4) is 0 Å². The van der Waals surface area contributed by atoms with E-state index in [4.69, 9.17) is 11.5 Å². The van der Waals surface area contributed by atoms with E-state index >= 15 is 0 Å². The molecular formula is C16H34N2Rf2Rh-2. The predicted molar refractivity (Wildman–Crippen MR) is 81.9 cm³/mol. The molecule has 0 amide bonds. The molecule has 0 aromatic heterocycles. The Bertz CT molecular complexity index is 173. The van der Waals surface area contributed by atoms with Gasteiger partial charge >= 0.3 is 0 Å². The van der Waals surface area contributed by atoms with Crippen LogP contribution in [0.3, 0.4) is 0 Å². The molecule has 2 fully saturated rings. The average molecular weight is 891 g/mol. The van der Waals surface area contributed by atoms with Crippen LogP contribution in [0.2, 0.25) is 0 Å². The van der Waals surface area contributed by atoms with Gasteiger partial charge in [-0.15, -0.1) is 0 Å². The molecule has 4 N–H and O–H groups in total. The topological polar surface area (TPSA) is 52.0 Å². The Morgan fingerprint density at radius 2 is 0.905 bits per heavy atom. The van der Waals surface area contributed by atoms with Crippen LogP contribution in [0.4, 0.5) is 0 Å². The summed E-state index contributed by atoms with van der Waals surface area (Å²) in [6, 6.07) is 0.962. The quantitative estimate of drug-likeness (QED) is 0.329. The first-order valence-corrected chi connectivity index (χ1v) is 7.60. The number of rotatable bonds is 2. The van der Waals surface area contributed by atoms with Gasteiger partial charge in [0.15, 0.2) is 0 Å². The Morgan fingerprint density at radius 3 is 1.14 bits per heavy atom. The van der Waals surface area contributed by atoms with Crippen LogP contribution < -0.4 is 11.5 Å². The summed E-state index contributed by atoms with van der Waals surface area (Å²) in [4.78, 5) is 0. The molecule has 0 aromatic carbocycles. The summed E-state index contributed by atoms with van der Waals surface area (Å²) in [5, 5.41) is 0. The van der Waals surface area contributed by atoms with Gasteiger partial charge in [0.05, 0.1) is 0 Å². The minimum Gasteiger partial charge on any atom is -0.358 e. The molecule has 0 bridgehead atoms. The minimum atomic E-state index is 0. The minimum absolute atomic E-state index is 0. The summed E-state index contributed by atoms with van der Waals surface area (Å²) in [5.41, 5.74) is 11.8. The fourth-order valence-electron chi connectivity index (χ4n) is 3.06. The summed E-state index contributed by atoms with van der Waals surface area (Å²) in [6.07, 6.45) is 12.8. The maximum absolute atomic E-state index is 5.92. The molecule has 2 aliphatic rings. The zero-order chi connectivity index (χ0) is 12.7. The van der Waals surface area contributed by atoms with Crippen molar-refractivity contribution in [1.82, 2.24) is 0 Å². The molecule has 0 heterocycles. The molecule has 0 atom stereocenters. The van der Waals surface area contributed by atoms with E-state index in [1.807, 2.05) is 13.8 Å². The molecule has 1 radical (unpaired) electrons. The first-order valence-electron chi connectivity index (χ1n) is 7.60. The number of hydrogen-bond acceptors (Lipinski definition) is 2. The van der Waals surface area contributed by atoms with Crippen LogP contribution in [-0.4, -0.2) is 12.1 Å². The Hall–Kier alpha value is -1.46. The fraction of sp³-hybridized carbons (Fsp3) is 0.875. The second-order valence-electron chi connectivity index (χ2n) is 5.54. The van der Waals surface area contributed by atoms with Crippen molar-refractivity contribution in [3.05, 3.63) is 13.8 Å². The van der Waals surface area contributed by atoms with E-state index in [1.54, 1.807) is 0 Å². The Morgan fingerprint density at radius 1 is 0.667 bits per heavy atom. The molecule has 0 spiro atoms. The fourth-order valence-corrected chi connectivity index (χ4v) is 3.06. The first-order chi connectivity index (χ1) is 8.24. The summed E-state index contributed by atoms with van der Waals surface area (Å²) in [6.45, 7) is 4.00. The molecule has 0 aromatic rings. The molecule has 2 saturated carbocycles. The normalized spacial score (nSPS) is 30.9. The Balaban J connectivity index is -0.000000231. The van der Waals surface area contributed by atoms with Gasteiger partial charge in [-0.2, -0.15) is 11.8 Å². The molecule has 2 aliphatic carbocycles. The van der Waals surface area contributed by atoms with Crippen molar-refractivity contribution < 1.29 is 19.5 Å². The van der Waals surface area contributed by atoms with E-state index in [1.165, 1.54) is 51.4 Å². The molecule has 0 aliphatic heterocycles. The van der Waals surface area contributed by atoms with Gasteiger partial charge in [0.2, 0.25) is 0 Å². The Kier molecular flexibility index (Phi) is 19.8. The summed E-state index contributed by atoms with van der Waals surface area (Å²) in [5.74, 6) is 1.70. The zero-order valence-electron chi connectivity index (χ0n) is 14.4. The largest absolute Gasteiger partial charge is 0.358 e. The Labute approximate surface area is 134 Å². The third-order valence-corrected chi connectivity index (χ3v) is 4.18. The monoisotopic (exact) mass is 891 g/mol. The third-order valence-electron chi connectivity index (χ3n) is 4.18. The first kappa shape index (κ1) is 27.8. The van der Waals surface area contributed by atoms with E-state index < -0.39 is 0 Å². The van der Waals surface area contributed by atoms with Crippen molar-refractivity contribution in [2.24, 2.45) is 23.3 Å². The molecule has 21 heavy (non-hydrogen) atoms. The molecule has 2 rings (SSSR count). The van der Waals surface area contributed by atoms with Crippen LogP contribution in [0, 0.1) is 25.7 Å². The van der Waals surface area contributed by atoms with Crippen molar-refractivity contribution >= 4 is 0 Å². The molecular weight excluding hydrogens is 857 g/mol. The van der Waals surface area contributed by atoms with Gasteiger partial charge < -0.3 is 25.3 Å². The van der Waals surface area contributed by atoms with Gasteiger partial charge in [-0.3, -0.25) is 0 Å². The van der Waals surface area contributed by atoms with Gasteiger partial charge in [-0.05, 0) is 25.7 Å². The van der Waals surface area contributed by atoms with Crippen molar-refractivity contribution in [2.45, 2.75) is 77.3 Å². The smallest absolute Gasteiger partial charge is 0.00371 e. The van der Waals surface area contributed by atoms with E-state index in [0.717, 1.165) is 11.8 Å². The second kappa shape index (κ2) is 14.9. The van der Waals surface area contributed by atoms with Crippen LogP contribution in [0.15, 0.2) is 0 Å². The van der Waals surface area contributed by atoms with Crippen molar-refractivity contribution in [1.29, 1.82) is 0 Å². The van der Waals surface area contributed by atoms with E-state index in [-0.39, 0.29) is 26.9 Å². The SMILES string of the molecule is CC.NC1CCC([CH-]C2CCC(N)CC2)CC1.[CH3-].[Rf].[Rf].[Rh]. The van der Waals surface area contributed by atoms with E-state index in [9.17, 15) is 0 Å². The zero-order valence-corrected chi connectivity index (χ0v) is 28.9. The standard InChI is InChI=1S/C13H25N2.C2H6.CH3.2Rf.Rh/c14-12-5-1-10(2-6-12)9-11-3-7-13(15)8-4-11;1-2;;;;/h9-13H,1-8,14-15H2;1-2H3;1H3;;;/q-1;;-1;;;. The van der Waals surface area contributed by atoms with Crippen LogP contribution in [-0.2, 0) is 19.5 Å². The summed E-state index contributed by atoms with van der Waals surface area (Å²) >= 11 is 0. The maximum Gasteiger partial charge on any atom is 0.00371 e. The van der Waals surface area contributed by atoms with Crippen molar-refractivity contribution in [2.75, 3.05) is 0 Å². The van der Waals surface area contributed by atoms with Gasteiger partial charge in [0, 0.05) is 31.6 Å².